The Balaban J connectivity index is 1.71. The van der Waals surface area contributed by atoms with E-state index >= 15 is 0 Å². The zero-order valence-corrected chi connectivity index (χ0v) is 16.7. The number of hydrogen-bond acceptors (Lipinski definition) is 4. The lowest BCUT2D eigenvalue weighted by molar-refractivity contribution is -0.113. The second-order valence-electron chi connectivity index (χ2n) is 6.16. The van der Waals surface area contributed by atoms with Crippen LogP contribution in [0, 0.1) is 0 Å². The monoisotopic (exact) mass is 393 g/mol. The first-order valence-electron chi connectivity index (χ1n) is 8.94. The van der Waals surface area contributed by atoms with Crippen molar-refractivity contribution in [3.63, 3.8) is 0 Å². The largest absolute Gasteiger partial charge is 0.497 e. The highest BCUT2D eigenvalue weighted by molar-refractivity contribution is 8.00. The van der Waals surface area contributed by atoms with Crippen LogP contribution in [0.5, 0.6) is 11.5 Å². The van der Waals surface area contributed by atoms with Gasteiger partial charge in [0.2, 0.25) is 5.91 Å². The summed E-state index contributed by atoms with van der Waals surface area (Å²) < 4.78 is 10.5. The van der Waals surface area contributed by atoms with Crippen molar-refractivity contribution in [3.05, 3.63) is 90.0 Å². The van der Waals surface area contributed by atoms with Crippen molar-refractivity contribution in [1.82, 2.24) is 0 Å². The minimum Gasteiger partial charge on any atom is -0.497 e. The van der Waals surface area contributed by atoms with Gasteiger partial charge in [-0.25, -0.2) is 0 Å². The zero-order chi connectivity index (χ0) is 19.8. The molecule has 3 aromatic carbocycles. The normalized spacial score (nSPS) is 10.5. The summed E-state index contributed by atoms with van der Waals surface area (Å²) in [7, 11) is 3.17. The average molecular weight is 394 g/mol. The van der Waals surface area contributed by atoms with Gasteiger partial charge in [-0.3, -0.25) is 4.79 Å². The van der Waals surface area contributed by atoms with Crippen molar-refractivity contribution in [3.8, 4) is 11.5 Å². The highest BCUT2D eigenvalue weighted by Crippen LogP contribution is 2.35. The maximum Gasteiger partial charge on any atom is 0.234 e. The standard InChI is InChI=1S/C23H23NO3S/c1-26-20-13-19(14-21(15-20)27-2)24-22(25)16-28-23(17-9-5-3-6-10-17)18-11-7-4-8-12-18/h3-15,23H,16H2,1-2H3,(H,24,25). The summed E-state index contributed by atoms with van der Waals surface area (Å²) in [5.74, 6) is 1.52. The summed E-state index contributed by atoms with van der Waals surface area (Å²) in [6, 6.07) is 25.8. The zero-order valence-electron chi connectivity index (χ0n) is 15.9. The molecular formula is C23H23NO3S. The quantitative estimate of drug-likeness (QED) is 0.574. The Labute approximate surface area is 169 Å². The van der Waals surface area contributed by atoms with Gasteiger partial charge in [0.1, 0.15) is 11.5 Å². The molecule has 144 valence electrons. The molecule has 0 unspecified atom stereocenters. The molecule has 0 bridgehead atoms. The number of carbonyl (C=O) groups is 1. The van der Waals surface area contributed by atoms with Crippen LogP contribution in [-0.2, 0) is 4.79 Å². The molecule has 0 fully saturated rings. The van der Waals surface area contributed by atoms with E-state index in [4.69, 9.17) is 9.47 Å². The summed E-state index contributed by atoms with van der Waals surface area (Å²) in [4.78, 5) is 12.6. The number of nitrogens with one attached hydrogen (secondary N) is 1. The number of methoxy groups -OCH3 is 2. The van der Waals surface area contributed by atoms with E-state index in [-0.39, 0.29) is 11.2 Å². The van der Waals surface area contributed by atoms with Crippen LogP contribution >= 0.6 is 11.8 Å². The molecule has 0 atom stereocenters. The van der Waals surface area contributed by atoms with Gasteiger partial charge in [-0.05, 0) is 11.1 Å². The van der Waals surface area contributed by atoms with Gasteiger partial charge in [0.15, 0.2) is 0 Å². The topological polar surface area (TPSA) is 47.6 Å². The number of ether oxygens (including phenoxy) is 2. The van der Waals surface area contributed by atoms with Crippen molar-refractivity contribution in [2.75, 3.05) is 25.3 Å². The van der Waals surface area contributed by atoms with Crippen molar-refractivity contribution in [2.45, 2.75) is 5.25 Å². The van der Waals surface area contributed by atoms with Gasteiger partial charge in [-0.2, -0.15) is 0 Å². The van der Waals surface area contributed by atoms with E-state index in [2.05, 4.69) is 29.6 Å². The third-order valence-electron chi connectivity index (χ3n) is 4.22. The molecule has 0 aromatic heterocycles. The number of benzene rings is 3. The summed E-state index contributed by atoms with van der Waals surface area (Å²) >= 11 is 1.60. The number of anilines is 1. The van der Waals surface area contributed by atoms with Crippen LogP contribution < -0.4 is 14.8 Å². The molecule has 0 heterocycles. The Bertz CT molecular complexity index is 838. The van der Waals surface area contributed by atoms with E-state index < -0.39 is 0 Å². The Morgan fingerprint density at radius 1 is 0.857 bits per heavy atom. The second kappa shape index (κ2) is 9.85. The van der Waals surface area contributed by atoms with E-state index in [9.17, 15) is 4.79 Å². The van der Waals surface area contributed by atoms with Crippen LogP contribution in [0.1, 0.15) is 16.4 Å². The molecule has 0 aliphatic rings. The van der Waals surface area contributed by atoms with Gasteiger partial charge in [0, 0.05) is 23.9 Å². The molecule has 5 heteroatoms. The van der Waals surface area contributed by atoms with Crippen molar-refractivity contribution < 1.29 is 14.3 Å². The first-order valence-corrected chi connectivity index (χ1v) is 9.99. The predicted molar refractivity (Wildman–Crippen MR) is 115 cm³/mol. The van der Waals surface area contributed by atoms with Crippen LogP contribution in [0.15, 0.2) is 78.9 Å². The van der Waals surface area contributed by atoms with Gasteiger partial charge in [-0.1, -0.05) is 60.7 Å². The van der Waals surface area contributed by atoms with E-state index in [1.54, 1.807) is 44.2 Å². The highest BCUT2D eigenvalue weighted by Gasteiger charge is 2.16. The first kappa shape index (κ1) is 19.8. The third-order valence-corrected chi connectivity index (χ3v) is 5.53. The molecule has 0 aliphatic carbocycles. The van der Waals surface area contributed by atoms with E-state index in [1.807, 2.05) is 36.4 Å². The maximum atomic E-state index is 12.6. The van der Waals surface area contributed by atoms with Crippen molar-refractivity contribution >= 4 is 23.4 Å². The lowest BCUT2D eigenvalue weighted by Crippen LogP contribution is -2.15. The fourth-order valence-electron chi connectivity index (χ4n) is 2.88. The molecule has 3 aromatic rings. The smallest absolute Gasteiger partial charge is 0.234 e. The lowest BCUT2D eigenvalue weighted by atomic mass is 10.0. The lowest BCUT2D eigenvalue weighted by Gasteiger charge is -2.18. The molecule has 0 saturated heterocycles. The van der Waals surface area contributed by atoms with Crippen molar-refractivity contribution in [1.29, 1.82) is 0 Å². The van der Waals surface area contributed by atoms with Gasteiger partial charge >= 0.3 is 0 Å². The number of thioether (sulfide) groups is 1. The second-order valence-corrected chi connectivity index (χ2v) is 7.26. The Hall–Kier alpha value is -2.92. The first-order chi connectivity index (χ1) is 13.7. The Morgan fingerprint density at radius 3 is 1.82 bits per heavy atom. The third kappa shape index (κ3) is 5.30. The van der Waals surface area contributed by atoms with Crippen LogP contribution in [0.3, 0.4) is 0 Å². The van der Waals surface area contributed by atoms with Crippen LogP contribution in [0.4, 0.5) is 5.69 Å². The summed E-state index contributed by atoms with van der Waals surface area (Å²) in [6.07, 6.45) is 0. The number of carbonyl (C=O) groups excluding carboxylic acids is 1. The molecule has 3 rings (SSSR count). The number of amides is 1. The van der Waals surface area contributed by atoms with Gasteiger partial charge < -0.3 is 14.8 Å². The molecule has 4 nitrogen and oxygen atoms in total. The van der Waals surface area contributed by atoms with Crippen molar-refractivity contribution in [2.24, 2.45) is 0 Å². The fourth-order valence-corrected chi connectivity index (χ4v) is 3.97. The molecule has 28 heavy (non-hydrogen) atoms. The molecule has 0 spiro atoms. The molecule has 0 saturated carbocycles. The summed E-state index contributed by atoms with van der Waals surface area (Å²) in [5.41, 5.74) is 3.00. The van der Waals surface area contributed by atoms with E-state index in [1.165, 1.54) is 11.1 Å². The van der Waals surface area contributed by atoms with Gasteiger partial charge in [0.25, 0.3) is 0 Å². The van der Waals surface area contributed by atoms with E-state index in [0.29, 0.717) is 22.9 Å². The minimum absolute atomic E-state index is 0.0721. The van der Waals surface area contributed by atoms with E-state index in [0.717, 1.165) is 0 Å². The molecule has 1 N–H and O–H groups in total. The van der Waals surface area contributed by atoms with Gasteiger partial charge in [0.05, 0.1) is 25.2 Å². The molecular weight excluding hydrogens is 370 g/mol. The number of rotatable bonds is 8. The summed E-state index contributed by atoms with van der Waals surface area (Å²) in [6.45, 7) is 0. The minimum atomic E-state index is -0.0721. The fraction of sp³-hybridized carbons (Fsp3) is 0.174. The Morgan fingerprint density at radius 2 is 1.36 bits per heavy atom. The highest BCUT2D eigenvalue weighted by atomic mass is 32.2. The van der Waals surface area contributed by atoms with Crippen LogP contribution in [0.25, 0.3) is 0 Å². The molecule has 1 amide bonds. The van der Waals surface area contributed by atoms with Gasteiger partial charge in [-0.15, -0.1) is 11.8 Å². The summed E-state index contributed by atoms with van der Waals surface area (Å²) in [5, 5.41) is 3.02. The predicted octanol–water partition coefficient (Wildman–Crippen LogP) is 5.17. The molecule has 0 radical (unpaired) electrons. The van der Waals surface area contributed by atoms with Crippen LogP contribution in [0.2, 0.25) is 0 Å². The Kier molecular flexibility index (Phi) is 6.98. The van der Waals surface area contributed by atoms with Crippen LogP contribution in [-0.4, -0.2) is 25.9 Å². The number of hydrogen-bond donors (Lipinski definition) is 1. The molecule has 0 aliphatic heterocycles. The SMILES string of the molecule is COc1cc(NC(=O)CSC(c2ccccc2)c2ccccc2)cc(OC)c1. The average Bonchev–Trinajstić information content (AvgIpc) is 2.75. The maximum absolute atomic E-state index is 12.6.